The Bertz CT molecular complexity index is 1150. The third-order valence-corrected chi connectivity index (χ3v) is 5.28. The summed E-state index contributed by atoms with van der Waals surface area (Å²) < 4.78 is 20.4. The number of ether oxygens (including phenoxy) is 1. The van der Waals surface area contributed by atoms with Crippen LogP contribution in [0.15, 0.2) is 12.1 Å². The van der Waals surface area contributed by atoms with Crippen molar-refractivity contribution in [2.45, 2.75) is 32.1 Å². The van der Waals surface area contributed by atoms with E-state index >= 15 is 0 Å². The number of unbranched alkanes of at least 4 members (excludes halogenated alkanes) is 1. The molecule has 3 heterocycles. The Labute approximate surface area is 219 Å². The number of aryl methyl sites for hydroxylation is 1. The molecular formula is C27H36FN7O2. The monoisotopic (exact) mass is 509 g/mol. The van der Waals surface area contributed by atoms with Crippen molar-refractivity contribution in [1.29, 1.82) is 0 Å². The van der Waals surface area contributed by atoms with Crippen LogP contribution in [-0.4, -0.2) is 76.6 Å². The molecule has 37 heavy (non-hydrogen) atoms. The largest absolute Gasteiger partial charge is 0.494 e. The van der Waals surface area contributed by atoms with E-state index in [9.17, 15) is 9.18 Å². The number of methoxy groups -OCH3 is 1. The van der Waals surface area contributed by atoms with Gasteiger partial charge in [-0.25, -0.2) is 14.4 Å². The van der Waals surface area contributed by atoms with Gasteiger partial charge in [0.05, 0.1) is 12.6 Å². The van der Waals surface area contributed by atoms with Crippen molar-refractivity contribution < 1.29 is 13.9 Å². The minimum atomic E-state index is -0.495. The highest BCUT2D eigenvalue weighted by atomic mass is 19.1. The van der Waals surface area contributed by atoms with E-state index in [1.54, 1.807) is 11.9 Å². The molecule has 10 heteroatoms. The Morgan fingerprint density at radius 2 is 1.73 bits per heavy atom. The average molecular weight is 510 g/mol. The van der Waals surface area contributed by atoms with Gasteiger partial charge in [-0.1, -0.05) is 0 Å². The van der Waals surface area contributed by atoms with Gasteiger partial charge in [0.2, 0.25) is 12.4 Å². The van der Waals surface area contributed by atoms with E-state index in [-0.39, 0.29) is 11.7 Å². The Hall–Kier alpha value is -4.33. The predicted octanol–water partition coefficient (Wildman–Crippen LogP) is 2.88. The number of benzene rings is 1. The minimum Gasteiger partial charge on any atom is -0.494 e. The summed E-state index contributed by atoms with van der Waals surface area (Å²) in [6.07, 6.45) is 29.9. The van der Waals surface area contributed by atoms with Crippen molar-refractivity contribution in [3.8, 4) is 44.3 Å². The highest BCUT2D eigenvalue weighted by Crippen LogP contribution is 2.27. The molecule has 9 nitrogen and oxygen atoms in total. The predicted molar refractivity (Wildman–Crippen MR) is 147 cm³/mol. The lowest BCUT2D eigenvalue weighted by atomic mass is 10.2. The second kappa shape index (κ2) is 18.0. The molecule has 1 amide bonds. The molecule has 3 aromatic rings. The molecule has 0 atom stereocenters. The summed E-state index contributed by atoms with van der Waals surface area (Å²) in [6.45, 7) is 3.31. The molecule has 0 bridgehead atoms. The molecule has 0 unspecified atom stereocenters. The van der Waals surface area contributed by atoms with E-state index in [0.717, 1.165) is 19.3 Å². The maximum absolute atomic E-state index is 14.0. The maximum Gasteiger partial charge on any atom is 0.223 e. The van der Waals surface area contributed by atoms with Gasteiger partial charge in [-0.05, 0) is 51.9 Å². The first-order chi connectivity index (χ1) is 17.9. The fraction of sp³-hybridized carbons (Fsp3) is 0.407. The van der Waals surface area contributed by atoms with Gasteiger partial charge in [-0.15, -0.1) is 43.6 Å². The zero-order valence-corrected chi connectivity index (χ0v) is 21.8. The summed E-state index contributed by atoms with van der Waals surface area (Å²) >= 11 is 0. The average Bonchev–Trinajstić information content (AvgIpc) is 3.60. The van der Waals surface area contributed by atoms with Crippen LogP contribution in [0.3, 0.4) is 0 Å². The molecule has 1 aliphatic rings. The number of likely N-dealkylation sites (tertiary alicyclic amines) is 1. The van der Waals surface area contributed by atoms with Crippen LogP contribution < -0.4 is 10.5 Å². The normalized spacial score (nSPS) is 11.8. The lowest BCUT2D eigenvalue weighted by molar-refractivity contribution is -0.117. The third kappa shape index (κ3) is 9.68. The summed E-state index contributed by atoms with van der Waals surface area (Å²) in [7, 11) is 5.30. The fourth-order valence-corrected chi connectivity index (χ4v) is 3.51. The number of amides is 1. The summed E-state index contributed by atoms with van der Waals surface area (Å²) in [5.41, 5.74) is 6.90. The molecule has 1 fully saturated rings. The van der Waals surface area contributed by atoms with Crippen molar-refractivity contribution in [3.05, 3.63) is 23.8 Å². The van der Waals surface area contributed by atoms with Crippen LogP contribution in [0, 0.1) is 44.4 Å². The van der Waals surface area contributed by atoms with Crippen LogP contribution in [0.5, 0.6) is 5.75 Å². The minimum absolute atomic E-state index is 0.0998. The number of hydrogen-bond donors (Lipinski definition) is 1. The first-order valence-corrected chi connectivity index (χ1v) is 11.5. The SMILES string of the molecule is C#C.C#C.C#C.CN1CCCC1.COc1cc2nc(N)n3nc(CCCCN(C)C=O)nc3c2cc1F. The number of carbonyl (C=O) groups is 1. The summed E-state index contributed by atoms with van der Waals surface area (Å²) in [5, 5.41) is 4.87. The van der Waals surface area contributed by atoms with Crippen molar-refractivity contribution in [3.63, 3.8) is 0 Å². The molecule has 4 rings (SSSR count). The molecule has 2 aromatic heterocycles. The topological polar surface area (TPSA) is 102 Å². The highest BCUT2D eigenvalue weighted by Gasteiger charge is 2.15. The second-order valence-corrected chi connectivity index (χ2v) is 7.79. The molecule has 0 radical (unpaired) electrons. The second-order valence-electron chi connectivity index (χ2n) is 7.79. The number of anilines is 1. The number of halogens is 1. The molecule has 1 aromatic carbocycles. The number of rotatable bonds is 7. The van der Waals surface area contributed by atoms with Gasteiger partial charge >= 0.3 is 0 Å². The molecule has 1 aliphatic heterocycles. The highest BCUT2D eigenvalue weighted by molar-refractivity contribution is 5.93. The molecule has 0 aliphatic carbocycles. The van der Waals surface area contributed by atoms with Gasteiger partial charge < -0.3 is 20.3 Å². The number of carbonyl (C=O) groups excluding carboxylic acids is 1. The Morgan fingerprint density at radius 3 is 2.24 bits per heavy atom. The summed E-state index contributed by atoms with van der Waals surface area (Å²) in [4.78, 5) is 23.2. The van der Waals surface area contributed by atoms with Crippen LogP contribution in [-0.2, 0) is 11.2 Å². The van der Waals surface area contributed by atoms with E-state index in [1.165, 1.54) is 49.7 Å². The maximum atomic E-state index is 14.0. The van der Waals surface area contributed by atoms with E-state index in [1.807, 2.05) is 0 Å². The Kier molecular flexibility index (Phi) is 15.9. The van der Waals surface area contributed by atoms with Gasteiger partial charge in [0.15, 0.2) is 23.0 Å². The number of hydrogen-bond acceptors (Lipinski definition) is 7. The summed E-state index contributed by atoms with van der Waals surface area (Å²) in [6, 6.07) is 2.82. The van der Waals surface area contributed by atoms with Crippen molar-refractivity contribution >= 4 is 28.9 Å². The number of fused-ring (bicyclic) bond motifs is 3. The van der Waals surface area contributed by atoms with Crippen molar-refractivity contribution in [2.75, 3.05) is 46.6 Å². The fourth-order valence-electron chi connectivity index (χ4n) is 3.51. The smallest absolute Gasteiger partial charge is 0.223 e. The Morgan fingerprint density at radius 1 is 1.11 bits per heavy atom. The molecule has 198 valence electrons. The van der Waals surface area contributed by atoms with E-state index in [2.05, 4.69) is 65.6 Å². The number of terminal acetylenes is 3. The Balaban J connectivity index is 0.000000911. The molecule has 0 spiro atoms. The third-order valence-electron chi connectivity index (χ3n) is 5.28. The number of nitrogens with two attached hydrogens (primary N) is 1. The van der Waals surface area contributed by atoms with Crippen LogP contribution in [0.1, 0.15) is 31.5 Å². The zero-order valence-electron chi connectivity index (χ0n) is 21.8. The van der Waals surface area contributed by atoms with E-state index in [4.69, 9.17) is 10.5 Å². The first kappa shape index (κ1) is 32.7. The summed E-state index contributed by atoms with van der Waals surface area (Å²) in [5.74, 6) is 0.384. The first-order valence-electron chi connectivity index (χ1n) is 11.5. The van der Waals surface area contributed by atoms with Gasteiger partial charge in [0.1, 0.15) is 0 Å². The van der Waals surface area contributed by atoms with Gasteiger partial charge in [-0.3, -0.25) is 4.79 Å². The lowest BCUT2D eigenvalue weighted by Gasteiger charge is -2.08. The molecular weight excluding hydrogens is 473 g/mol. The molecule has 1 saturated heterocycles. The van der Waals surface area contributed by atoms with Crippen LogP contribution in [0.2, 0.25) is 0 Å². The standard InChI is InChI=1S/C16H19FN6O2.C5H11N.3C2H2/c1-22(9-24)6-4-3-5-14-20-15-10-7-11(17)13(25-2)8-12(10)19-16(18)23(15)21-14;1-6-4-2-3-5-6;3*1-2/h7-9H,3-6H2,1-2H3,(H2,18,19);2-5H2,1H3;3*1-2H. The number of nitrogen functional groups attached to an aromatic ring is 1. The van der Waals surface area contributed by atoms with Gasteiger partial charge in [0, 0.05) is 31.5 Å². The molecule has 0 saturated carbocycles. The quantitative estimate of drug-likeness (QED) is 0.297. The van der Waals surface area contributed by atoms with E-state index in [0.29, 0.717) is 35.3 Å². The van der Waals surface area contributed by atoms with Crippen molar-refractivity contribution in [1.82, 2.24) is 29.4 Å². The van der Waals surface area contributed by atoms with Gasteiger partial charge in [-0.2, -0.15) is 4.52 Å². The van der Waals surface area contributed by atoms with Crippen LogP contribution >= 0.6 is 0 Å². The van der Waals surface area contributed by atoms with E-state index < -0.39 is 5.82 Å². The van der Waals surface area contributed by atoms with Gasteiger partial charge in [0.25, 0.3) is 0 Å². The zero-order chi connectivity index (χ0) is 28.4. The molecule has 2 N–H and O–H groups in total. The van der Waals surface area contributed by atoms with Crippen LogP contribution in [0.25, 0.3) is 16.6 Å². The number of nitrogens with zero attached hydrogens (tertiary/aromatic N) is 6. The van der Waals surface area contributed by atoms with Crippen LogP contribution in [0.4, 0.5) is 10.3 Å². The number of aromatic nitrogens is 4. The van der Waals surface area contributed by atoms with Crippen molar-refractivity contribution in [2.24, 2.45) is 0 Å². The lowest BCUT2D eigenvalue weighted by Crippen LogP contribution is -2.17.